The van der Waals surface area contributed by atoms with Gasteiger partial charge in [0.05, 0.1) is 17.6 Å². The highest BCUT2D eigenvalue weighted by atomic mass is 16.6. The van der Waals surface area contributed by atoms with Crippen molar-refractivity contribution in [3.05, 3.63) is 22.5 Å². The molecule has 0 bridgehead atoms. The van der Waals surface area contributed by atoms with Gasteiger partial charge in [-0.3, -0.25) is 14.8 Å². The summed E-state index contributed by atoms with van der Waals surface area (Å²) in [5, 5.41) is 24.3. The van der Waals surface area contributed by atoms with Gasteiger partial charge >= 0.3 is 5.69 Å². The highest BCUT2D eigenvalue weighted by molar-refractivity contribution is 5.20. The summed E-state index contributed by atoms with van der Waals surface area (Å²) in [6.45, 7) is 2.95. The molecule has 0 unspecified atom stereocenters. The second-order valence-corrected chi connectivity index (χ2v) is 4.69. The van der Waals surface area contributed by atoms with Crippen LogP contribution in [0, 0.1) is 10.1 Å². The van der Waals surface area contributed by atoms with Gasteiger partial charge < -0.3 is 10.0 Å². The number of piperidine rings is 1. The summed E-state index contributed by atoms with van der Waals surface area (Å²) in [5.74, 6) is 0. The quantitative estimate of drug-likeness (QED) is 0.615. The van der Waals surface area contributed by atoms with Gasteiger partial charge in [-0.1, -0.05) is 6.42 Å². The summed E-state index contributed by atoms with van der Waals surface area (Å²) in [5.41, 5.74) is -0.0415. The molecule has 18 heavy (non-hydrogen) atoms. The topological polar surface area (TPSA) is 84.4 Å². The standard InChI is InChI=1S/C11H18N4O3/c16-11(8-13-4-2-1-3-5-13)9-14-7-10(6-12-14)15(17)18/h6-7,11,16H,1-5,8-9H2/t11-/m1/s1. The van der Waals surface area contributed by atoms with Gasteiger partial charge in [-0.2, -0.15) is 5.10 Å². The molecule has 7 nitrogen and oxygen atoms in total. The molecule has 1 aromatic rings. The van der Waals surface area contributed by atoms with Gasteiger partial charge in [0.15, 0.2) is 0 Å². The summed E-state index contributed by atoms with van der Waals surface area (Å²) in [6.07, 6.45) is 5.63. The van der Waals surface area contributed by atoms with E-state index in [9.17, 15) is 15.2 Å². The average Bonchev–Trinajstić information content (AvgIpc) is 2.78. The molecule has 1 saturated heterocycles. The van der Waals surface area contributed by atoms with Crippen molar-refractivity contribution in [3.8, 4) is 0 Å². The summed E-state index contributed by atoms with van der Waals surface area (Å²) in [7, 11) is 0. The molecule has 1 atom stereocenters. The number of rotatable bonds is 5. The van der Waals surface area contributed by atoms with Crippen LogP contribution < -0.4 is 0 Å². The van der Waals surface area contributed by atoms with Crippen molar-refractivity contribution >= 4 is 5.69 Å². The lowest BCUT2D eigenvalue weighted by Crippen LogP contribution is -2.38. The van der Waals surface area contributed by atoms with E-state index in [4.69, 9.17) is 0 Å². The van der Waals surface area contributed by atoms with Gasteiger partial charge in [0.1, 0.15) is 12.4 Å². The lowest BCUT2D eigenvalue weighted by atomic mass is 10.1. The van der Waals surface area contributed by atoms with E-state index in [-0.39, 0.29) is 5.69 Å². The number of nitro groups is 1. The molecule has 100 valence electrons. The van der Waals surface area contributed by atoms with Crippen LogP contribution in [-0.4, -0.2) is 50.4 Å². The number of hydrogen-bond donors (Lipinski definition) is 1. The first kappa shape index (κ1) is 13.0. The van der Waals surface area contributed by atoms with E-state index in [0.717, 1.165) is 13.1 Å². The molecule has 1 aliphatic rings. The normalized spacial score (nSPS) is 18.7. The van der Waals surface area contributed by atoms with Crippen molar-refractivity contribution in [3.63, 3.8) is 0 Å². The Morgan fingerprint density at radius 3 is 2.72 bits per heavy atom. The van der Waals surface area contributed by atoms with Gasteiger partial charge in [-0.15, -0.1) is 0 Å². The molecule has 0 saturated carbocycles. The van der Waals surface area contributed by atoms with Crippen LogP contribution >= 0.6 is 0 Å². The molecule has 0 spiro atoms. The molecule has 2 rings (SSSR count). The zero-order chi connectivity index (χ0) is 13.0. The Hall–Kier alpha value is -1.47. The van der Waals surface area contributed by atoms with E-state index in [1.165, 1.54) is 36.3 Å². The number of likely N-dealkylation sites (tertiary alicyclic amines) is 1. The van der Waals surface area contributed by atoms with Crippen molar-refractivity contribution in [2.45, 2.75) is 31.9 Å². The van der Waals surface area contributed by atoms with Crippen LogP contribution in [-0.2, 0) is 6.54 Å². The summed E-state index contributed by atoms with van der Waals surface area (Å²) in [6, 6.07) is 0. The van der Waals surface area contributed by atoms with E-state index in [1.807, 2.05) is 0 Å². The molecule has 1 aliphatic heterocycles. The Kier molecular flexibility index (Phi) is 4.27. The lowest BCUT2D eigenvalue weighted by molar-refractivity contribution is -0.385. The fourth-order valence-electron chi connectivity index (χ4n) is 2.26. The summed E-state index contributed by atoms with van der Waals surface area (Å²) < 4.78 is 1.42. The van der Waals surface area contributed by atoms with Crippen LogP contribution in [0.25, 0.3) is 0 Å². The molecular weight excluding hydrogens is 236 g/mol. The van der Waals surface area contributed by atoms with Crippen LogP contribution in [0.1, 0.15) is 19.3 Å². The molecule has 7 heteroatoms. The van der Waals surface area contributed by atoms with Crippen LogP contribution in [0.15, 0.2) is 12.4 Å². The maximum atomic E-state index is 10.5. The largest absolute Gasteiger partial charge is 0.390 e. The monoisotopic (exact) mass is 254 g/mol. The van der Waals surface area contributed by atoms with Crippen LogP contribution in [0.4, 0.5) is 5.69 Å². The van der Waals surface area contributed by atoms with Crippen LogP contribution in [0.2, 0.25) is 0 Å². The van der Waals surface area contributed by atoms with Gasteiger partial charge in [0, 0.05) is 6.54 Å². The Bertz CT molecular complexity index is 401. The molecular formula is C11H18N4O3. The fourth-order valence-corrected chi connectivity index (χ4v) is 2.26. The molecule has 1 aromatic heterocycles. The smallest absolute Gasteiger partial charge is 0.306 e. The summed E-state index contributed by atoms with van der Waals surface area (Å²) in [4.78, 5) is 12.2. The van der Waals surface area contributed by atoms with E-state index in [1.54, 1.807) is 0 Å². The number of aromatic nitrogens is 2. The molecule has 1 fully saturated rings. The van der Waals surface area contributed by atoms with Gasteiger partial charge in [0.25, 0.3) is 0 Å². The minimum Gasteiger partial charge on any atom is -0.390 e. The first-order valence-electron chi connectivity index (χ1n) is 6.22. The average molecular weight is 254 g/mol. The zero-order valence-electron chi connectivity index (χ0n) is 10.2. The van der Waals surface area contributed by atoms with Gasteiger partial charge in [-0.05, 0) is 25.9 Å². The highest BCUT2D eigenvalue weighted by Gasteiger charge is 2.16. The Morgan fingerprint density at radius 2 is 2.11 bits per heavy atom. The SMILES string of the molecule is O=[N+]([O-])c1cnn(C[C@H](O)CN2CCCCC2)c1. The molecule has 0 radical (unpaired) electrons. The summed E-state index contributed by atoms with van der Waals surface area (Å²) >= 11 is 0. The number of β-amino-alcohol motifs (C(OH)–C–C–N with tert-alkyl or cyclic N) is 1. The number of nitrogens with zero attached hydrogens (tertiary/aromatic N) is 4. The number of aliphatic hydroxyl groups excluding tert-OH is 1. The van der Waals surface area contributed by atoms with Crippen LogP contribution in [0.5, 0.6) is 0 Å². The first-order chi connectivity index (χ1) is 8.65. The van der Waals surface area contributed by atoms with Crippen molar-refractivity contribution in [1.82, 2.24) is 14.7 Å². The molecule has 0 aromatic carbocycles. The predicted molar refractivity (Wildman–Crippen MR) is 65.2 cm³/mol. The highest BCUT2D eigenvalue weighted by Crippen LogP contribution is 2.11. The Balaban J connectivity index is 1.82. The predicted octanol–water partition coefficient (Wildman–Crippen LogP) is 0.638. The van der Waals surface area contributed by atoms with Crippen molar-refractivity contribution < 1.29 is 10.0 Å². The van der Waals surface area contributed by atoms with Crippen LogP contribution in [0.3, 0.4) is 0 Å². The van der Waals surface area contributed by atoms with Gasteiger partial charge in [-0.25, -0.2) is 0 Å². The second kappa shape index (κ2) is 5.92. The van der Waals surface area contributed by atoms with Crippen molar-refractivity contribution in [2.75, 3.05) is 19.6 Å². The number of aliphatic hydroxyl groups is 1. The Morgan fingerprint density at radius 1 is 1.39 bits per heavy atom. The number of hydrogen-bond acceptors (Lipinski definition) is 5. The van der Waals surface area contributed by atoms with Crippen molar-refractivity contribution in [2.24, 2.45) is 0 Å². The minimum atomic E-state index is -0.539. The van der Waals surface area contributed by atoms with E-state index < -0.39 is 11.0 Å². The molecule has 0 amide bonds. The Labute approximate surface area is 105 Å². The second-order valence-electron chi connectivity index (χ2n) is 4.69. The first-order valence-corrected chi connectivity index (χ1v) is 6.22. The third kappa shape index (κ3) is 3.51. The van der Waals surface area contributed by atoms with E-state index in [2.05, 4.69) is 10.00 Å². The molecule has 1 N–H and O–H groups in total. The minimum absolute atomic E-state index is 0.0415. The lowest BCUT2D eigenvalue weighted by Gasteiger charge is -2.28. The van der Waals surface area contributed by atoms with Crippen molar-refractivity contribution in [1.29, 1.82) is 0 Å². The maximum absolute atomic E-state index is 10.5. The van der Waals surface area contributed by atoms with Gasteiger partial charge in [0.2, 0.25) is 0 Å². The molecule has 0 aliphatic carbocycles. The maximum Gasteiger partial charge on any atom is 0.306 e. The van der Waals surface area contributed by atoms with E-state index >= 15 is 0 Å². The fraction of sp³-hybridized carbons (Fsp3) is 0.727. The van der Waals surface area contributed by atoms with E-state index in [0.29, 0.717) is 13.1 Å². The third-order valence-corrected chi connectivity index (χ3v) is 3.15. The third-order valence-electron chi connectivity index (χ3n) is 3.15. The molecule has 2 heterocycles. The zero-order valence-corrected chi connectivity index (χ0v) is 10.2.